The average Bonchev–Trinajstić information content (AvgIpc) is 2.78. The van der Waals surface area contributed by atoms with Crippen molar-refractivity contribution < 1.29 is 14.6 Å². The van der Waals surface area contributed by atoms with Crippen LogP contribution in [0.5, 0.6) is 5.75 Å². The minimum atomic E-state index is -0.895. The highest BCUT2D eigenvalue weighted by Crippen LogP contribution is 2.35. The van der Waals surface area contributed by atoms with Crippen molar-refractivity contribution in [1.29, 1.82) is 0 Å². The van der Waals surface area contributed by atoms with Gasteiger partial charge in [-0.3, -0.25) is 0 Å². The quantitative estimate of drug-likeness (QED) is 0.909. The van der Waals surface area contributed by atoms with Crippen LogP contribution < -0.4 is 4.74 Å². The third-order valence-electron chi connectivity index (χ3n) is 2.33. The van der Waals surface area contributed by atoms with Gasteiger partial charge in [-0.15, -0.1) is 11.3 Å². The lowest BCUT2D eigenvalue weighted by atomic mass is 10.1. The average molecular weight is 262 g/mol. The van der Waals surface area contributed by atoms with Gasteiger partial charge in [-0.1, -0.05) is 12.1 Å². The Kier molecular flexibility index (Phi) is 3.67. The predicted molar refractivity (Wildman–Crippen MR) is 72.5 cm³/mol. The van der Waals surface area contributed by atoms with Crippen LogP contribution in [0.25, 0.3) is 10.4 Å². The van der Waals surface area contributed by atoms with E-state index in [1.165, 1.54) is 11.3 Å². The molecule has 1 aromatic heterocycles. The van der Waals surface area contributed by atoms with Crippen molar-refractivity contribution in [3.05, 3.63) is 41.3 Å². The summed E-state index contributed by atoms with van der Waals surface area (Å²) in [5, 5.41) is 8.94. The standard InChI is InChI=1S/C14H14O3S/c1-9(2)17-11-6-4-3-5-10(11)12-7-8-13(18-12)14(15)16/h3-9H,1-2H3,(H,15,16). The Hall–Kier alpha value is -1.81. The fourth-order valence-electron chi connectivity index (χ4n) is 1.62. The van der Waals surface area contributed by atoms with E-state index in [1.54, 1.807) is 6.07 Å². The lowest BCUT2D eigenvalue weighted by molar-refractivity contribution is 0.0702. The van der Waals surface area contributed by atoms with Crippen molar-refractivity contribution in [2.24, 2.45) is 0 Å². The summed E-state index contributed by atoms with van der Waals surface area (Å²) in [6.45, 7) is 3.93. The maximum absolute atomic E-state index is 10.9. The smallest absolute Gasteiger partial charge is 0.345 e. The number of thiophene rings is 1. The van der Waals surface area contributed by atoms with Crippen molar-refractivity contribution in [1.82, 2.24) is 0 Å². The minimum Gasteiger partial charge on any atom is -0.490 e. The second kappa shape index (κ2) is 5.23. The zero-order chi connectivity index (χ0) is 13.1. The third kappa shape index (κ3) is 2.71. The maximum Gasteiger partial charge on any atom is 0.345 e. The second-order valence-corrected chi connectivity index (χ2v) is 5.22. The largest absolute Gasteiger partial charge is 0.490 e. The van der Waals surface area contributed by atoms with Crippen LogP contribution in [0.2, 0.25) is 0 Å². The van der Waals surface area contributed by atoms with Gasteiger partial charge >= 0.3 is 5.97 Å². The van der Waals surface area contributed by atoms with E-state index >= 15 is 0 Å². The van der Waals surface area contributed by atoms with Gasteiger partial charge in [-0.25, -0.2) is 4.79 Å². The van der Waals surface area contributed by atoms with Crippen LogP contribution in [-0.4, -0.2) is 17.2 Å². The van der Waals surface area contributed by atoms with Crippen molar-refractivity contribution in [2.45, 2.75) is 20.0 Å². The molecule has 0 saturated carbocycles. The lowest BCUT2D eigenvalue weighted by Gasteiger charge is -2.13. The molecule has 2 rings (SSSR count). The Labute approximate surface area is 110 Å². The number of benzene rings is 1. The first kappa shape index (κ1) is 12.6. The lowest BCUT2D eigenvalue weighted by Crippen LogP contribution is -2.06. The van der Waals surface area contributed by atoms with Gasteiger partial charge in [0.2, 0.25) is 0 Å². The molecule has 0 unspecified atom stereocenters. The van der Waals surface area contributed by atoms with Crippen molar-refractivity contribution in [2.75, 3.05) is 0 Å². The molecule has 0 aliphatic rings. The van der Waals surface area contributed by atoms with Crippen molar-refractivity contribution >= 4 is 17.3 Å². The van der Waals surface area contributed by atoms with Crippen LogP contribution in [0.1, 0.15) is 23.5 Å². The van der Waals surface area contributed by atoms with Crippen LogP contribution in [0.15, 0.2) is 36.4 Å². The summed E-state index contributed by atoms with van der Waals surface area (Å²) < 4.78 is 5.73. The molecule has 1 N–H and O–H groups in total. The van der Waals surface area contributed by atoms with E-state index in [1.807, 2.05) is 44.2 Å². The highest BCUT2D eigenvalue weighted by molar-refractivity contribution is 7.17. The number of carbonyl (C=O) groups is 1. The molecule has 0 aliphatic carbocycles. The molecular formula is C14H14O3S. The van der Waals surface area contributed by atoms with E-state index in [9.17, 15) is 4.79 Å². The van der Waals surface area contributed by atoms with Gasteiger partial charge < -0.3 is 9.84 Å². The number of para-hydroxylation sites is 1. The number of hydrogen-bond donors (Lipinski definition) is 1. The summed E-state index contributed by atoms with van der Waals surface area (Å²) in [6.07, 6.45) is 0.0880. The molecule has 1 heterocycles. The van der Waals surface area contributed by atoms with E-state index in [0.29, 0.717) is 4.88 Å². The third-order valence-corrected chi connectivity index (χ3v) is 3.44. The summed E-state index contributed by atoms with van der Waals surface area (Å²) >= 11 is 1.26. The van der Waals surface area contributed by atoms with E-state index < -0.39 is 5.97 Å². The molecule has 0 atom stereocenters. The van der Waals surface area contributed by atoms with Gasteiger partial charge in [0.1, 0.15) is 10.6 Å². The molecule has 18 heavy (non-hydrogen) atoms. The molecule has 3 nitrogen and oxygen atoms in total. The monoisotopic (exact) mass is 262 g/mol. The molecule has 94 valence electrons. The SMILES string of the molecule is CC(C)Oc1ccccc1-c1ccc(C(=O)O)s1. The Morgan fingerprint density at radius 3 is 2.56 bits per heavy atom. The van der Waals surface area contributed by atoms with E-state index in [0.717, 1.165) is 16.2 Å². The summed E-state index contributed by atoms with van der Waals surface area (Å²) in [7, 11) is 0. The molecule has 0 aliphatic heterocycles. The molecular weight excluding hydrogens is 248 g/mol. The number of ether oxygens (including phenoxy) is 1. The second-order valence-electron chi connectivity index (χ2n) is 4.13. The molecule has 0 bridgehead atoms. The number of aromatic carboxylic acids is 1. The van der Waals surface area contributed by atoms with E-state index in [2.05, 4.69) is 0 Å². The maximum atomic E-state index is 10.9. The molecule has 0 amide bonds. The van der Waals surface area contributed by atoms with Gasteiger partial charge in [-0.2, -0.15) is 0 Å². The van der Waals surface area contributed by atoms with Gasteiger partial charge in [0.25, 0.3) is 0 Å². The van der Waals surface area contributed by atoms with Gasteiger partial charge in [-0.05, 0) is 38.1 Å². The minimum absolute atomic E-state index is 0.0880. The van der Waals surface area contributed by atoms with E-state index in [4.69, 9.17) is 9.84 Å². The molecule has 0 radical (unpaired) electrons. The summed E-state index contributed by atoms with van der Waals surface area (Å²) in [6, 6.07) is 11.1. The molecule has 4 heteroatoms. The highest BCUT2D eigenvalue weighted by atomic mass is 32.1. The Balaban J connectivity index is 2.39. The Bertz CT molecular complexity index is 558. The number of carboxylic acid groups (broad SMARTS) is 1. The van der Waals surface area contributed by atoms with Gasteiger partial charge in [0.05, 0.1) is 6.10 Å². The first-order valence-electron chi connectivity index (χ1n) is 5.67. The van der Waals surface area contributed by atoms with Crippen molar-refractivity contribution in [3.63, 3.8) is 0 Å². The van der Waals surface area contributed by atoms with Gasteiger partial charge in [0.15, 0.2) is 0 Å². The predicted octanol–water partition coefficient (Wildman–Crippen LogP) is 3.90. The summed E-state index contributed by atoms with van der Waals surface area (Å²) in [4.78, 5) is 12.1. The number of rotatable bonds is 4. The van der Waals surface area contributed by atoms with Gasteiger partial charge in [0, 0.05) is 10.4 Å². The zero-order valence-corrected chi connectivity index (χ0v) is 11.0. The molecule has 1 aromatic carbocycles. The fraction of sp³-hybridized carbons (Fsp3) is 0.214. The highest BCUT2D eigenvalue weighted by Gasteiger charge is 2.12. The normalized spacial score (nSPS) is 10.6. The fourth-order valence-corrected chi connectivity index (χ4v) is 2.50. The van der Waals surface area contributed by atoms with Crippen LogP contribution in [0.4, 0.5) is 0 Å². The van der Waals surface area contributed by atoms with Crippen LogP contribution in [0.3, 0.4) is 0 Å². The Morgan fingerprint density at radius 1 is 1.22 bits per heavy atom. The number of carboxylic acids is 1. The van der Waals surface area contributed by atoms with Crippen molar-refractivity contribution in [3.8, 4) is 16.2 Å². The molecule has 2 aromatic rings. The van der Waals surface area contributed by atoms with E-state index in [-0.39, 0.29) is 6.10 Å². The number of hydrogen-bond acceptors (Lipinski definition) is 3. The van der Waals surface area contributed by atoms with Crippen LogP contribution >= 0.6 is 11.3 Å². The first-order valence-corrected chi connectivity index (χ1v) is 6.49. The summed E-state index contributed by atoms with van der Waals surface area (Å²) in [5.41, 5.74) is 0.934. The Morgan fingerprint density at radius 2 is 1.94 bits per heavy atom. The molecule has 0 spiro atoms. The zero-order valence-electron chi connectivity index (χ0n) is 10.2. The molecule has 0 fully saturated rings. The molecule has 0 saturated heterocycles. The van der Waals surface area contributed by atoms with Crippen LogP contribution in [-0.2, 0) is 0 Å². The topological polar surface area (TPSA) is 46.5 Å². The summed E-state index contributed by atoms with van der Waals surface area (Å²) in [5.74, 6) is -0.111. The first-order chi connectivity index (χ1) is 8.58. The van der Waals surface area contributed by atoms with Crippen LogP contribution in [0, 0.1) is 0 Å².